The number of nitro groups is 1. The molecule has 0 aliphatic heterocycles. The van der Waals surface area contributed by atoms with E-state index in [2.05, 4.69) is 5.32 Å². The molecule has 0 heterocycles. The summed E-state index contributed by atoms with van der Waals surface area (Å²) in [5.41, 5.74) is 3.37. The van der Waals surface area contributed by atoms with Crippen LogP contribution in [0.4, 0.5) is 5.69 Å². The van der Waals surface area contributed by atoms with E-state index in [1.54, 1.807) is 18.2 Å². The number of nitro benzene ring substituents is 1. The monoisotopic (exact) mass is 506 g/mol. The average molecular weight is 507 g/mol. The Labute approximate surface area is 219 Å². The van der Waals surface area contributed by atoms with Crippen LogP contribution in [0, 0.1) is 23.0 Å². The number of nitrogens with zero attached hydrogens (tertiary/aromatic N) is 1. The number of Topliss-reactive ketones (excluding diaryl/α,β-unsaturated/α-hetero) is 2. The van der Waals surface area contributed by atoms with Crippen molar-refractivity contribution >= 4 is 33.9 Å². The van der Waals surface area contributed by atoms with Crippen LogP contribution in [-0.2, 0) is 11.2 Å². The van der Waals surface area contributed by atoms with Crippen LogP contribution in [0.25, 0.3) is 10.8 Å². The Morgan fingerprint density at radius 1 is 0.895 bits per heavy atom. The number of benzene rings is 4. The fourth-order valence-corrected chi connectivity index (χ4v) is 5.28. The topological polar surface area (TPSA) is 106 Å². The third-order valence-corrected chi connectivity index (χ3v) is 7.20. The summed E-state index contributed by atoms with van der Waals surface area (Å²) in [6.07, 6.45) is 0.621. The first kappa shape index (κ1) is 25.0. The van der Waals surface area contributed by atoms with E-state index in [0.717, 1.165) is 11.1 Å². The van der Waals surface area contributed by atoms with Crippen LogP contribution in [0.1, 0.15) is 49.7 Å². The van der Waals surface area contributed by atoms with Crippen molar-refractivity contribution in [1.82, 2.24) is 5.32 Å². The van der Waals surface area contributed by atoms with E-state index in [1.165, 1.54) is 12.1 Å². The van der Waals surface area contributed by atoms with Gasteiger partial charge in [0.1, 0.15) is 0 Å². The van der Waals surface area contributed by atoms with Gasteiger partial charge in [-0.3, -0.25) is 24.5 Å². The summed E-state index contributed by atoms with van der Waals surface area (Å²) in [5.74, 6) is -2.89. The lowest BCUT2D eigenvalue weighted by molar-refractivity contribution is -0.383. The van der Waals surface area contributed by atoms with Gasteiger partial charge >= 0.3 is 0 Å². The van der Waals surface area contributed by atoms with Gasteiger partial charge < -0.3 is 5.32 Å². The Morgan fingerprint density at radius 2 is 1.58 bits per heavy atom. The maximum atomic E-state index is 13.8. The molecule has 1 aliphatic rings. The van der Waals surface area contributed by atoms with E-state index in [1.807, 2.05) is 61.5 Å². The molecule has 38 heavy (non-hydrogen) atoms. The quantitative estimate of drug-likeness (QED) is 0.191. The summed E-state index contributed by atoms with van der Waals surface area (Å²) in [7, 11) is 0. The molecule has 4 aromatic rings. The smallest absolute Gasteiger partial charge is 0.277 e. The summed E-state index contributed by atoms with van der Waals surface area (Å²) >= 11 is 0. The third-order valence-electron chi connectivity index (χ3n) is 7.20. The minimum Gasteiger partial charge on any atom is -0.356 e. The second-order valence-corrected chi connectivity index (χ2v) is 9.63. The molecule has 1 amide bonds. The number of hydrogen-bond donors (Lipinski definition) is 1. The van der Waals surface area contributed by atoms with Crippen LogP contribution >= 0.6 is 0 Å². The van der Waals surface area contributed by atoms with E-state index >= 15 is 0 Å². The van der Waals surface area contributed by atoms with Gasteiger partial charge in [-0.1, -0.05) is 72.3 Å². The van der Waals surface area contributed by atoms with E-state index < -0.39 is 28.3 Å². The number of rotatable bonds is 8. The van der Waals surface area contributed by atoms with Crippen molar-refractivity contribution in [2.45, 2.75) is 25.7 Å². The van der Waals surface area contributed by atoms with Gasteiger partial charge in [0.05, 0.1) is 16.2 Å². The molecule has 1 aliphatic carbocycles. The van der Waals surface area contributed by atoms with Crippen molar-refractivity contribution in [3.05, 3.63) is 123 Å². The average Bonchev–Trinajstić information content (AvgIpc) is 2.92. The van der Waals surface area contributed by atoms with Crippen LogP contribution in [-0.4, -0.2) is 28.9 Å². The third kappa shape index (κ3) is 4.70. The maximum Gasteiger partial charge on any atom is 0.277 e. The zero-order valence-electron chi connectivity index (χ0n) is 20.8. The molecule has 0 spiro atoms. The second-order valence-electron chi connectivity index (χ2n) is 9.63. The van der Waals surface area contributed by atoms with E-state index in [-0.39, 0.29) is 34.5 Å². The van der Waals surface area contributed by atoms with Crippen LogP contribution in [0.15, 0.2) is 84.9 Å². The molecule has 0 saturated heterocycles. The number of non-ortho nitro benzene ring substituents is 1. The standard InChI is InChI=1S/C31H26N2O5/c1-19-10-12-20(13-11-19)16-17-32-27(34)18-25(21-6-3-2-4-7-21)29-30(35)23-9-5-8-22-26(33(37)38)15-14-24(28(22)23)31(29)36/h2-15,25,29H,16-18H2,1H3,(H,32,34). The van der Waals surface area contributed by atoms with Crippen LogP contribution < -0.4 is 5.32 Å². The minimum atomic E-state index is -1.11. The lowest BCUT2D eigenvalue weighted by atomic mass is 9.70. The Morgan fingerprint density at radius 3 is 2.26 bits per heavy atom. The van der Waals surface area contributed by atoms with Gasteiger partial charge in [0.2, 0.25) is 5.91 Å². The van der Waals surface area contributed by atoms with E-state index in [9.17, 15) is 24.5 Å². The number of ketones is 2. The van der Waals surface area contributed by atoms with Gasteiger partial charge in [-0.25, -0.2) is 0 Å². The summed E-state index contributed by atoms with van der Waals surface area (Å²) in [6.45, 7) is 2.45. The normalized spacial score (nSPS) is 15.3. The highest BCUT2D eigenvalue weighted by Gasteiger charge is 2.43. The number of carbonyl (C=O) groups is 3. The van der Waals surface area contributed by atoms with E-state index in [4.69, 9.17) is 0 Å². The van der Waals surface area contributed by atoms with Gasteiger partial charge in [0.15, 0.2) is 11.6 Å². The fraction of sp³-hybridized carbons (Fsp3) is 0.194. The first-order valence-electron chi connectivity index (χ1n) is 12.5. The molecule has 7 heteroatoms. The Bertz CT molecular complexity index is 1540. The van der Waals surface area contributed by atoms with Gasteiger partial charge in [0.25, 0.3) is 5.69 Å². The first-order valence-corrected chi connectivity index (χ1v) is 12.5. The molecule has 0 aromatic heterocycles. The number of hydrogen-bond acceptors (Lipinski definition) is 5. The Balaban J connectivity index is 1.44. The van der Waals surface area contributed by atoms with Crippen LogP contribution in [0.5, 0.6) is 0 Å². The molecule has 190 valence electrons. The van der Waals surface area contributed by atoms with Crippen molar-refractivity contribution in [1.29, 1.82) is 0 Å². The number of amides is 1. The van der Waals surface area contributed by atoms with Crippen molar-refractivity contribution < 1.29 is 19.3 Å². The Kier molecular flexibility index (Phi) is 6.83. The minimum absolute atomic E-state index is 0.0433. The lowest BCUT2D eigenvalue weighted by Gasteiger charge is -2.29. The first-order chi connectivity index (χ1) is 18.3. The highest BCUT2D eigenvalue weighted by atomic mass is 16.6. The number of carbonyl (C=O) groups excluding carboxylic acids is 3. The molecule has 1 N–H and O–H groups in total. The van der Waals surface area contributed by atoms with Crippen LogP contribution in [0.3, 0.4) is 0 Å². The van der Waals surface area contributed by atoms with Crippen molar-refractivity contribution in [3.63, 3.8) is 0 Å². The van der Waals surface area contributed by atoms with Crippen molar-refractivity contribution in [2.75, 3.05) is 6.54 Å². The van der Waals surface area contributed by atoms with Crippen molar-refractivity contribution in [2.24, 2.45) is 5.92 Å². The largest absolute Gasteiger partial charge is 0.356 e. The predicted octanol–water partition coefficient (Wildman–Crippen LogP) is 5.58. The summed E-state index contributed by atoms with van der Waals surface area (Å²) < 4.78 is 0. The molecule has 2 atom stereocenters. The fourth-order valence-electron chi connectivity index (χ4n) is 5.28. The van der Waals surface area contributed by atoms with E-state index in [0.29, 0.717) is 23.9 Å². The molecule has 2 unspecified atom stereocenters. The summed E-state index contributed by atoms with van der Waals surface area (Å²) in [5, 5.41) is 15.1. The van der Waals surface area contributed by atoms with Gasteiger partial charge in [-0.15, -0.1) is 0 Å². The molecule has 0 radical (unpaired) electrons. The zero-order chi connectivity index (χ0) is 26.8. The second kappa shape index (κ2) is 10.4. The molecule has 7 nitrogen and oxygen atoms in total. The highest BCUT2D eigenvalue weighted by Crippen LogP contribution is 2.42. The molecule has 0 bridgehead atoms. The molecular weight excluding hydrogens is 480 g/mol. The molecule has 5 rings (SSSR count). The molecule has 0 fully saturated rings. The Hall–Kier alpha value is -4.65. The lowest BCUT2D eigenvalue weighted by Crippen LogP contribution is -2.37. The van der Waals surface area contributed by atoms with Crippen LogP contribution in [0.2, 0.25) is 0 Å². The SMILES string of the molecule is Cc1ccc(CCNC(=O)CC(c2ccccc2)C2C(=O)c3cccc4c([N+](=O)[O-])ccc(c34)C2=O)cc1. The zero-order valence-corrected chi connectivity index (χ0v) is 20.8. The summed E-state index contributed by atoms with van der Waals surface area (Å²) in [6, 6.07) is 24.7. The summed E-state index contributed by atoms with van der Waals surface area (Å²) in [4.78, 5) is 51.7. The number of aryl methyl sites for hydroxylation is 1. The van der Waals surface area contributed by atoms with Crippen molar-refractivity contribution in [3.8, 4) is 0 Å². The molecule has 0 saturated carbocycles. The molecular formula is C31H26N2O5. The van der Waals surface area contributed by atoms with Gasteiger partial charge in [-0.2, -0.15) is 0 Å². The number of nitrogens with one attached hydrogen (secondary N) is 1. The van der Waals surface area contributed by atoms with Gasteiger partial charge in [-0.05, 0) is 36.6 Å². The maximum absolute atomic E-state index is 13.8. The predicted molar refractivity (Wildman–Crippen MR) is 144 cm³/mol. The van der Waals surface area contributed by atoms with Gasteiger partial charge in [0, 0.05) is 41.5 Å². The molecule has 4 aromatic carbocycles. The highest BCUT2D eigenvalue weighted by molar-refractivity contribution is 6.30.